The molecule has 0 aromatic heterocycles. The summed E-state index contributed by atoms with van der Waals surface area (Å²) in [6.45, 7) is 2.82. The van der Waals surface area contributed by atoms with Crippen molar-refractivity contribution in [1.29, 1.82) is 0 Å². The van der Waals surface area contributed by atoms with Gasteiger partial charge in [-0.1, -0.05) is 396 Å². The van der Waals surface area contributed by atoms with Gasteiger partial charge in [-0.3, -0.25) is 4.79 Å². The largest absolute Gasteiger partial charge is 0.394 e. The molecule has 0 aromatic carbocycles. The Morgan fingerprint density at radius 1 is 0.363 bits per heavy atom. The van der Waals surface area contributed by atoms with Crippen LogP contribution in [0.25, 0.3) is 0 Å². The first-order valence-electron chi connectivity index (χ1n) is 43.5. The number of allylic oxidation sites excluding steroid dienone is 10. The van der Waals surface area contributed by atoms with E-state index in [2.05, 4.69) is 79.9 Å². The fourth-order valence-electron chi connectivity index (χ4n) is 14.4. The van der Waals surface area contributed by atoms with Crippen molar-refractivity contribution in [3.63, 3.8) is 0 Å². The average molecular weight is 1440 g/mol. The first-order valence-corrected chi connectivity index (χ1v) is 43.5. The predicted octanol–water partition coefficient (Wildman–Crippen LogP) is 20.7. The number of aliphatic hydroxyl groups is 8. The summed E-state index contributed by atoms with van der Waals surface area (Å²) in [6, 6.07) is -0.832. The zero-order valence-electron chi connectivity index (χ0n) is 65.9. The first-order chi connectivity index (χ1) is 50.1. The smallest absolute Gasteiger partial charge is 0.220 e. The third-order valence-corrected chi connectivity index (χ3v) is 21.2. The van der Waals surface area contributed by atoms with Gasteiger partial charge in [0.1, 0.15) is 48.8 Å². The van der Waals surface area contributed by atoms with Crippen LogP contribution < -0.4 is 5.32 Å². The van der Waals surface area contributed by atoms with Crippen LogP contribution in [0.1, 0.15) is 399 Å². The maximum Gasteiger partial charge on any atom is 0.220 e. The Kier molecular flexibility index (Phi) is 67.2. The molecule has 2 aliphatic heterocycles. The molecule has 9 N–H and O–H groups in total. The van der Waals surface area contributed by atoms with Gasteiger partial charge in [0, 0.05) is 6.42 Å². The molecule has 12 atom stereocenters. The molecule has 2 heterocycles. The molecule has 14 nitrogen and oxygen atoms in total. The first kappa shape index (κ1) is 95.8. The minimum atomic E-state index is -1.78. The van der Waals surface area contributed by atoms with Gasteiger partial charge in [-0.15, -0.1) is 0 Å². The second-order valence-corrected chi connectivity index (χ2v) is 30.6. The number of nitrogens with one attached hydrogen (secondary N) is 1. The van der Waals surface area contributed by atoms with Crippen molar-refractivity contribution in [2.45, 2.75) is 473 Å². The standard InChI is InChI=1S/C88H163NO13/c1-3-5-7-9-11-13-15-17-19-21-23-25-27-29-31-33-35-37-38-40-42-44-46-48-50-52-54-56-58-60-62-64-66-68-70-72-80(93)89-76(75-99-87-85(98)83(96)86(79(74-91)101-87)102-88-84(97)82(95)81(94)78(73-90)100-88)77(92)71-69-67-65-63-61-59-57-55-53-51-49-47-45-43-41-39-36-34-32-30-28-26-24-22-20-18-16-14-12-10-8-6-4-2/h5,7,11,13,17,19,23,25,29,31,76-79,81-88,90-92,94-98H,3-4,6,8-10,12,14-16,18,20-22,24,26-28,30,32-75H2,1-2H3,(H,89,93)/b7-5-,13-11-,19-17-,25-23-,31-29-. The van der Waals surface area contributed by atoms with Crippen LogP contribution in [0.5, 0.6) is 0 Å². The third-order valence-electron chi connectivity index (χ3n) is 21.2. The van der Waals surface area contributed by atoms with Gasteiger partial charge < -0.3 is 65.1 Å². The molecule has 2 saturated heterocycles. The van der Waals surface area contributed by atoms with Gasteiger partial charge in [0.25, 0.3) is 0 Å². The Morgan fingerprint density at radius 3 is 1.04 bits per heavy atom. The summed E-state index contributed by atoms with van der Waals surface area (Å²) in [6.07, 6.45) is 81.4. The van der Waals surface area contributed by atoms with E-state index in [0.717, 1.165) is 83.5 Å². The minimum absolute atomic E-state index is 0.199. The minimum Gasteiger partial charge on any atom is -0.394 e. The van der Waals surface area contributed by atoms with Gasteiger partial charge in [-0.05, 0) is 57.8 Å². The van der Waals surface area contributed by atoms with Crippen LogP contribution in [0.4, 0.5) is 0 Å². The number of hydrogen-bond donors (Lipinski definition) is 9. The van der Waals surface area contributed by atoms with E-state index in [0.29, 0.717) is 12.8 Å². The van der Waals surface area contributed by atoms with E-state index in [1.807, 2.05) is 0 Å². The van der Waals surface area contributed by atoms with Crippen LogP contribution in [0.2, 0.25) is 0 Å². The lowest BCUT2D eigenvalue weighted by atomic mass is 9.97. The fraction of sp³-hybridized carbons (Fsp3) is 0.875. The van der Waals surface area contributed by atoms with Gasteiger partial charge in [-0.2, -0.15) is 0 Å². The van der Waals surface area contributed by atoms with Crippen molar-refractivity contribution < 1.29 is 64.6 Å². The second kappa shape index (κ2) is 71.6. The Labute approximate surface area is 626 Å². The van der Waals surface area contributed by atoms with Gasteiger partial charge in [-0.25, -0.2) is 0 Å². The molecule has 1 amide bonds. The Bertz CT molecular complexity index is 1950. The van der Waals surface area contributed by atoms with Crippen molar-refractivity contribution in [2.24, 2.45) is 0 Å². The van der Waals surface area contributed by atoms with Gasteiger partial charge >= 0.3 is 0 Å². The monoisotopic (exact) mass is 1440 g/mol. The van der Waals surface area contributed by atoms with Crippen molar-refractivity contribution in [3.8, 4) is 0 Å². The fourth-order valence-corrected chi connectivity index (χ4v) is 14.4. The third kappa shape index (κ3) is 53.5. The zero-order chi connectivity index (χ0) is 73.7. The summed E-state index contributed by atoms with van der Waals surface area (Å²) in [5.74, 6) is -0.199. The van der Waals surface area contributed by atoms with Gasteiger partial charge in [0.2, 0.25) is 5.91 Å². The molecule has 0 saturated carbocycles. The number of rotatable bonds is 74. The van der Waals surface area contributed by atoms with Crippen molar-refractivity contribution in [3.05, 3.63) is 60.8 Å². The lowest BCUT2D eigenvalue weighted by Gasteiger charge is -2.46. The van der Waals surface area contributed by atoms with Crippen LogP contribution in [0, 0.1) is 0 Å². The maximum absolute atomic E-state index is 13.4. The molecule has 0 bridgehead atoms. The van der Waals surface area contributed by atoms with Gasteiger partial charge in [0.15, 0.2) is 12.6 Å². The van der Waals surface area contributed by atoms with E-state index in [1.54, 1.807) is 0 Å². The molecule has 12 unspecified atom stereocenters. The topological polar surface area (TPSA) is 228 Å². The molecule has 2 fully saturated rings. The molecule has 102 heavy (non-hydrogen) atoms. The molecule has 0 aromatic rings. The molecule has 2 aliphatic rings. The number of ether oxygens (including phenoxy) is 4. The lowest BCUT2D eigenvalue weighted by molar-refractivity contribution is -0.359. The summed E-state index contributed by atoms with van der Waals surface area (Å²) >= 11 is 0. The van der Waals surface area contributed by atoms with Crippen molar-refractivity contribution >= 4 is 5.91 Å². The van der Waals surface area contributed by atoms with E-state index < -0.39 is 86.8 Å². The molecule has 2 rings (SSSR count). The van der Waals surface area contributed by atoms with E-state index in [-0.39, 0.29) is 12.5 Å². The zero-order valence-corrected chi connectivity index (χ0v) is 65.9. The average Bonchev–Trinajstić information content (AvgIpc) is 0.790. The normalized spacial score (nSPS) is 21.9. The van der Waals surface area contributed by atoms with Crippen molar-refractivity contribution in [2.75, 3.05) is 19.8 Å². The highest BCUT2D eigenvalue weighted by Gasteiger charge is 2.51. The number of unbranched alkanes of at least 4 members (excludes halogenated alkanes) is 51. The summed E-state index contributed by atoms with van der Waals surface area (Å²) < 4.78 is 23.0. The number of carbonyl (C=O) groups excluding carboxylic acids is 1. The Balaban J connectivity index is 1.57. The highest BCUT2D eigenvalue weighted by Crippen LogP contribution is 2.31. The number of aliphatic hydroxyl groups excluding tert-OH is 8. The molecule has 0 spiro atoms. The number of hydrogen-bond acceptors (Lipinski definition) is 13. The Hall–Kier alpha value is -2.31. The summed E-state index contributed by atoms with van der Waals surface area (Å²) in [4.78, 5) is 13.4. The van der Waals surface area contributed by atoms with E-state index in [1.165, 1.54) is 289 Å². The van der Waals surface area contributed by atoms with Gasteiger partial charge in [0.05, 0.1) is 32.0 Å². The van der Waals surface area contributed by atoms with Crippen molar-refractivity contribution in [1.82, 2.24) is 5.32 Å². The van der Waals surface area contributed by atoms with E-state index in [4.69, 9.17) is 18.9 Å². The molecular weight excluding hydrogens is 1280 g/mol. The van der Waals surface area contributed by atoms with Crippen LogP contribution >= 0.6 is 0 Å². The quantitative estimate of drug-likeness (QED) is 0.0204. The Morgan fingerprint density at radius 2 is 0.676 bits per heavy atom. The maximum atomic E-state index is 13.4. The van der Waals surface area contributed by atoms with E-state index >= 15 is 0 Å². The second-order valence-electron chi connectivity index (χ2n) is 30.6. The summed E-state index contributed by atoms with van der Waals surface area (Å²) in [5.41, 5.74) is 0. The lowest BCUT2D eigenvalue weighted by Crippen LogP contribution is -2.65. The molecule has 14 heteroatoms. The molecule has 0 radical (unpaired) electrons. The number of amides is 1. The molecule has 0 aliphatic carbocycles. The molecule has 598 valence electrons. The number of carbonyl (C=O) groups is 1. The highest BCUT2D eigenvalue weighted by molar-refractivity contribution is 5.76. The summed E-state index contributed by atoms with van der Waals surface area (Å²) in [5, 5.41) is 88.0. The van der Waals surface area contributed by atoms with Crippen LogP contribution in [0.15, 0.2) is 60.8 Å². The predicted molar refractivity (Wildman–Crippen MR) is 424 cm³/mol. The van der Waals surface area contributed by atoms with Crippen LogP contribution in [-0.2, 0) is 23.7 Å². The van der Waals surface area contributed by atoms with Crippen LogP contribution in [-0.4, -0.2) is 140 Å². The van der Waals surface area contributed by atoms with E-state index in [9.17, 15) is 45.6 Å². The highest BCUT2D eigenvalue weighted by atomic mass is 16.7. The molecular formula is C88H163NO13. The summed E-state index contributed by atoms with van der Waals surface area (Å²) in [7, 11) is 0. The SMILES string of the molecule is CC/C=C\C/C=C\C/C=C\C/C=C\C/C=C\CCCCCCCCCCCCCCCCCCCCCC(=O)NC(COC1OC(CO)C(OC2OC(CO)C(O)C(O)C2O)C(O)C1O)C(O)CCCCCCCCCCCCCCCCCCCCCCCCCCCCCCCCCCC. The van der Waals surface area contributed by atoms with Crippen LogP contribution in [0.3, 0.4) is 0 Å².